The highest BCUT2D eigenvalue weighted by Crippen LogP contribution is 2.29. The van der Waals surface area contributed by atoms with Crippen LogP contribution in [0.1, 0.15) is 31.9 Å². The molecule has 2 aromatic carbocycles. The van der Waals surface area contributed by atoms with E-state index in [0.717, 1.165) is 28.3 Å². The number of likely N-dealkylation sites (N-methyl/N-ethyl adjacent to an activating group) is 1. The molecule has 210 valence electrons. The van der Waals surface area contributed by atoms with Gasteiger partial charge in [0.25, 0.3) is 0 Å². The first-order chi connectivity index (χ1) is 19.0. The van der Waals surface area contributed by atoms with Gasteiger partial charge in [0.2, 0.25) is 5.95 Å². The lowest BCUT2D eigenvalue weighted by Crippen LogP contribution is -2.36. The van der Waals surface area contributed by atoms with E-state index < -0.39 is 11.7 Å². The third-order valence-electron chi connectivity index (χ3n) is 6.00. The quantitative estimate of drug-likeness (QED) is 0.198. The molecule has 0 unspecified atom stereocenters. The van der Waals surface area contributed by atoms with Crippen LogP contribution < -0.4 is 20.7 Å². The fourth-order valence-corrected chi connectivity index (χ4v) is 4.12. The van der Waals surface area contributed by atoms with E-state index in [9.17, 15) is 4.79 Å². The van der Waals surface area contributed by atoms with Crippen molar-refractivity contribution in [2.75, 3.05) is 30.8 Å². The number of amides is 1. The van der Waals surface area contributed by atoms with Crippen LogP contribution in [0.5, 0.6) is 5.75 Å². The van der Waals surface area contributed by atoms with Gasteiger partial charge in [0.1, 0.15) is 28.8 Å². The van der Waals surface area contributed by atoms with E-state index in [0.29, 0.717) is 29.6 Å². The molecule has 10 nitrogen and oxygen atoms in total. The van der Waals surface area contributed by atoms with Gasteiger partial charge < -0.3 is 25.4 Å². The summed E-state index contributed by atoms with van der Waals surface area (Å²) in [7, 11) is 1.75. The number of hydrogen-bond acceptors (Lipinski definition) is 8. The number of aryl methyl sites for hydroxylation is 1. The number of carbonyl (C=O) groups is 1. The minimum atomic E-state index is -0.611. The first kappa shape index (κ1) is 28.7. The van der Waals surface area contributed by atoms with E-state index in [2.05, 4.69) is 25.9 Å². The van der Waals surface area contributed by atoms with Crippen molar-refractivity contribution in [3.63, 3.8) is 0 Å². The molecule has 1 aromatic heterocycles. The van der Waals surface area contributed by atoms with Gasteiger partial charge in [-0.15, -0.1) is 0 Å². The van der Waals surface area contributed by atoms with Gasteiger partial charge in [0.05, 0.1) is 19.3 Å². The molecule has 2 heterocycles. The largest absolute Gasteiger partial charge is 0.489 e. The molecule has 0 spiro atoms. The van der Waals surface area contributed by atoms with Crippen molar-refractivity contribution in [3.8, 4) is 5.75 Å². The molecule has 4 rings (SSSR count). The summed E-state index contributed by atoms with van der Waals surface area (Å²) in [5, 5.41) is 18.2. The maximum Gasteiger partial charge on any atom is 0.410 e. The van der Waals surface area contributed by atoms with E-state index in [4.69, 9.17) is 26.5 Å². The van der Waals surface area contributed by atoms with Crippen molar-refractivity contribution < 1.29 is 14.3 Å². The number of carbonyl (C=O) groups excluding carboxylic acids is 1. The summed E-state index contributed by atoms with van der Waals surface area (Å²) in [6, 6.07) is 15.7. The van der Waals surface area contributed by atoms with Crippen molar-refractivity contribution in [1.29, 1.82) is 5.41 Å². The Kier molecular flexibility index (Phi) is 8.79. The van der Waals surface area contributed by atoms with E-state index in [1.807, 2.05) is 76.2 Å². The molecule has 4 N–H and O–H groups in total. The smallest absolute Gasteiger partial charge is 0.410 e. The summed E-state index contributed by atoms with van der Waals surface area (Å²) in [5.41, 5.74) is 3.58. The lowest BCUT2D eigenvalue weighted by Gasteiger charge is -2.24. The van der Waals surface area contributed by atoms with Crippen LogP contribution in [0, 0.1) is 12.3 Å². The van der Waals surface area contributed by atoms with E-state index in [-0.39, 0.29) is 18.3 Å². The number of nitrogens with zero attached hydrogens (tertiary/aromatic N) is 3. The van der Waals surface area contributed by atoms with Crippen LogP contribution in [0.2, 0.25) is 5.02 Å². The molecule has 0 radical (unpaired) electrons. The molecule has 0 atom stereocenters. The second kappa shape index (κ2) is 12.3. The molecule has 0 saturated heterocycles. The van der Waals surface area contributed by atoms with Crippen molar-refractivity contribution in [2.24, 2.45) is 0 Å². The Bertz CT molecular complexity index is 1420. The Morgan fingerprint density at radius 1 is 1.15 bits per heavy atom. The Morgan fingerprint density at radius 3 is 2.58 bits per heavy atom. The van der Waals surface area contributed by atoms with Crippen molar-refractivity contribution in [2.45, 2.75) is 39.9 Å². The normalized spacial score (nSPS) is 13.2. The maximum absolute atomic E-state index is 12.6. The predicted octanol–water partition coefficient (Wildman–Crippen LogP) is 5.87. The lowest BCUT2D eigenvalue weighted by atomic mass is 10.2. The predicted molar refractivity (Wildman–Crippen MR) is 158 cm³/mol. The lowest BCUT2D eigenvalue weighted by molar-refractivity contribution is 0.0299. The summed E-state index contributed by atoms with van der Waals surface area (Å²) >= 11 is 6.39. The average molecular weight is 564 g/mol. The highest BCUT2D eigenvalue weighted by molar-refractivity contribution is 6.33. The number of rotatable bonds is 8. The fraction of sp³-hybridized carbons (Fsp3) is 0.310. The second-order valence-electron chi connectivity index (χ2n) is 10.3. The van der Waals surface area contributed by atoms with Gasteiger partial charge in [-0.3, -0.25) is 10.3 Å². The summed E-state index contributed by atoms with van der Waals surface area (Å²) in [6.07, 6.45) is 1.03. The molecular formula is C29H34ClN7O3. The molecule has 0 bridgehead atoms. The molecule has 0 fully saturated rings. The minimum Gasteiger partial charge on any atom is -0.489 e. The monoisotopic (exact) mass is 563 g/mol. The third kappa shape index (κ3) is 7.41. The highest BCUT2D eigenvalue weighted by atomic mass is 35.5. The zero-order valence-electron chi connectivity index (χ0n) is 23.3. The molecular weight excluding hydrogens is 530 g/mol. The molecule has 1 amide bonds. The van der Waals surface area contributed by atoms with Gasteiger partial charge in [-0.05, 0) is 57.0 Å². The molecule has 40 heavy (non-hydrogen) atoms. The number of nitrogens with one attached hydrogen (secondary N) is 4. The zero-order chi connectivity index (χ0) is 28.9. The van der Waals surface area contributed by atoms with Crippen molar-refractivity contribution in [1.82, 2.24) is 20.2 Å². The van der Waals surface area contributed by atoms with Gasteiger partial charge in [-0.1, -0.05) is 41.9 Å². The Morgan fingerprint density at radius 2 is 1.90 bits per heavy atom. The van der Waals surface area contributed by atoms with Crippen molar-refractivity contribution >= 4 is 41.0 Å². The molecule has 0 saturated carbocycles. The number of benzene rings is 2. The number of hydrogen-bond donors (Lipinski definition) is 4. The minimum absolute atomic E-state index is 0.0692. The number of anilines is 3. The molecule has 11 heteroatoms. The Labute approximate surface area is 239 Å². The van der Waals surface area contributed by atoms with E-state index in [1.165, 1.54) is 11.1 Å². The molecule has 3 aromatic rings. The number of aromatic nitrogens is 2. The second-order valence-corrected chi connectivity index (χ2v) is 10.7. The third-order valence-corrected chi connectivity index (χ3v) is 6.27. The molecule has 0 aliphatic carbocycles. The highest BCUT2D eigenvalue weighted by Gasteiger charge is 2.31. The van der Waals surface area contributed by atoms with Crippen LogP contribution in [0.4, 0.5) is 22.2 Å². The van der Waals surface area contributed by atoms with Crippen LogP contribution in [0.3, 0.4) is 0 Å². The summed E-state index contributed by atoms with van der Waals surface area (Å²) in [6.45, 7) is 8.42. The van der Waals surface area contributed by atoms with Crippen molar-refractivity contribution in [3.05, 3.63) is 82.1 Å². The summed E-state index contributed by atoms with van der Waals surface area (Å²) < 4.78 is 11.4. The Hall–Kier alpha value is -4.31. The van der Waals surface area contributed by atoms with Crippen LogP contribution in [0.25, 0.3) is 0 Å². The van der Waals surface area contributed by atoms with Crippen LogP contribution in [0.15, 0.2) is 66.0 Å². The average Bonchev–Trinajstić information content (AvgIpc) is 3.35. The number of halogens is 1. The summed E-state index contributed by atoms with van der Waals surface area (Å²) in [4.78, 5) is 22.8. The van der Waals surface area contributed by atoms with E-state index >= 15 is 0 Å². The van der Waals surface area contributed by atoms with Crippen LogP contribution in [-0.4, -0.2) is 52.5 Å². The maximum atomic E-state index is 12.6. The van der Waals surface area contributed by atoms with Crippen LogP contribution in [-0.2, 0) is 11.3 Å². The first-order valence-electron chi connectivity index (χ1n) is 12.8. The molecule has 1 aliphatic rings. The Balaban J connectivity index is 1.42. The van der Waals surface area contributed by atoms with Gasteiger partial charge in [-0.25, -0.2) is 9.78 Å². The summed E-state index contributed by atoms with van der Waals surface area (Å²) in [5.74, 6) is 1.40. The number of ether oxygens (including phenoxy) is 2. The molecule has 1 aliphatic heterocycles. The topological polar surface area (TPSA) is 124 Å². The first-order valence-corrected chi connectivity index (χ1v) is 13.2. The van der Waals surface area contributed by atoms with Crippen LogP contribution >= 0.6 is 11.6 Å². The SMILES string of the molecule is CNC1=C(C(=N)Nc2ncc(Cl)c(Nc3ccc(OCc4ccccc4)cc3C)n2)CN(C(=O)OC(C)(C)C)C1. The van der Waals surface area contributed by atoms with Gasteiger partial charge in [0, 0.05) is 24.0 Å². The van der Waals surface area contributed by atoms with Gasteiger partial charge in [-0.2, -0.15) is 4.98 Å². The van der Waals surface area contributed by atoms with Gasteiger partial charge >= 0.3 is 6.09 Å². The zero-order valence-corrected chi connectivity index (χ0v) is 24.0. The van der Waals surface area contributed by atoms with Gasteiger partial charge in [0.15, 0.2) is 5.82 Å². The number of amidine groups is 1. The standard InChI is InChI=1S/C29H34ClN7O3/c1-18-13-20(39-17-19-9-7-6-8-10-19)11-12-23(18)34-26-22(30)14-33-27(36-26)35-25(31)21-15-37(16-24(21)32-5)28(38)40-29(2,3)4/h6-14,32H,15-17H2,1-5H3,(H3,31,33,34,35,36). The van der Waals surface area contributed by atoms with E-state index in [1.54, 1.807) is 7.05 Å². The fourth-order valence-electron chi connectivity index (χ4n) is 3.98.